The number of hydrogen-bond acceptors (Lipinski definition) is 4. The quantitative estimate of drug-likeness (QED) is 0.841. The summed E-state index contributed by atoms with van der Waals surface area (Å²) < 4.78 is 42.2. The third kappa shape index (κ3) is 3.18. The number of anilines is 2. The first-order chi connectivity index (χ1) is 8.86. The van der Waals surface area contributed by atoms with Crippen LogP contribution in [0.3, 0.4) is 0 Å². The standard InChI is InChI=1S/C12H12F3N3O/c1-7-4-9(18-19-7)6-17-11-3-2-8(5-10(11)16)12(13,14)15/h2-5,17H,6,16H2,1H3. The van der Waals surface area contributed by atoms with Crippen LogP contribution in [0.1, 0.15) is 17.0 Å². The van der Waals surface area contributed by atoms with E-state index in [2.05, 4.69) is 10.5 Å². The number of aryl methyl sites for hydroxylation is 1. The number of aromatic nitrogens is 1. The van der Waals surface area contributed by atoms with Crippen molar-refractivity contribution in [2.24, 2.45) is 0 Å². The summed E-state index contributed by atoms with van der Waals surface area (Å²) in [5.74, 6) is 0.664. The van der Waals surface area contributed by atoms with Gasteiger partial charge in [0.05, 0.1) is 23.5 Å². The smallest absolute Gasteiger partial charge is 0.397 e. The second-order valence-electron chi connectivity index (χ2n) is 4.08. The highest BCUT2D eigenvalue weighted by atomic mass is 19.4. The van der Waals surface area contributed by atoms with Crippen LogP contribution >= 0.6 is 0 Å². The predicted octanol–water partition coefficient (Wildman–Crippen LogP) is 3.20. The second kappa shape index (κ2) is 4.83. The highest BCUT2D eigenvalue weighted by Gasteiger charge is 2.30. The third-order valence-corrected chi connectivity index (χ3v) is 2.52. The molecule has 0 aliphatic heterocycles. The number of rotatable bonds is 3. The van der Waals surface area contributed by atoms with Crippen LogP contribution in [0.4, 0.5) is 24.5 Å². The summed E-state index contributed by atoms with van der Waals surface area (Å²) in [6.07, 6.45) is -4.39. The minimum absolute atomic E-state index is 0.0371. The summed E-state index contributed by atoms with van der Waals surface area (Å²) in [6.45, 7) is 2.08. The largest absolute Gasteiger partial charge is 0.416 e. The first kappa shape index (κ1) is 13.3. The Kier molecular flexibility index (Phi) is 3.37. The van der Waals surface area contributed by atoms with Crippen molar-refractivity contribution in [2.75, 3.05) is 11.1 Å². The topological polar surface area (TPSA) is 64.1 Å². The Morgan fingerprint density at radius 1 is 1.32 bits per heavy atom. The lowest BCUT2D eigenvalue weighted by Gasteiger charge is -2.11. The summed E-state index contributed by atoms with van der Waals surface area (Å²) in [6, 6.07) is 4.90. The Hall–Kier alpha value is -2.18. The number of nitrogens with one attached hydrogen (secondary N) is 1. The Morgan fingerprint density at radius 2 is 2.05 bits per heavy atom. The van der Waals surface area contributed by atoms with Crippen molar-refractivity contribution in [3.63, 3.8) is 0 Å². The molecule has 0 atom stereocenters. The maximum absolute atomic E-state index is 12.5. The minimum atomic E-state index is -4.39. The van der Waals surface area contributed by atoms with Gasteiger partial charge in [-0.1, -0.05) is 5.16 Å². The Morgan fingerprint density at radius 3 is 2.58 bits per heavy atom. The molecule has 0 fully saturated rings. The fourth-order valence-electron chi connectivity index (χ4n) is 1.59. The molecule has 0 saturated heterocycles. The SMILES string of the molecule is Cc1cc(CNc2ccc(C(F)(F)F)cc2N)no1. The van der Waals surface area contributed by atoms with E-state index in [9.17, 15) is 13.2 Å². The van der Waals surface area contributed by atoms with Crippen molar-refractivity contribution in [1.82, 2.24) is 5.16 Å². The van der Waals surface area contributed by atoms with Gasteiger partial charge in [-0.3, -0.25) is 0 Å². The molecule has 4 nitrogen and oxygen atoms in total. The molecule has 0 aliphatic carbocycles. The van der Waals surface area contributed by atoms with Crippen LogP contribution in [0.2, 0.25) is 0 Å². The van der Waals surface area contributed by atoms with Crippen molar-refractivity contribution in [2.45, 2.75) is 19.6 Å². The van der Waals surface area contributed by atoms with Crippen LogP contribution in [-0.4, -0.2) is 5.16 Å². The second-order valence-corrected chi connectivity index (χ2v) is 4.08. The van der Waals surface area contributed by atoms with Gasteiger partial charge in [-0.2, -0.15) is 13.2 Å². The van der Waals surface area contributed by atoms with Gasteiger partial charge in [-0.25, -0.2) is 0 Å². The molecular weight excluding hydrogens is 259 g/mol. The van der Waals surface area contributed by atoms with E-state index in [0.29, 0.717) is 23.7 Å². The monoisotopic (exact) mass is 271 g/mol. The fourth-order valence-corrected chi connectivity index (χ4v) is 1.59. The van der Waals surface area contributed by atoms with E-state index in [1.165, 1.54) is 6.07 Å². The molecule has 0 aliphatic rings. The molecule has 2 rings (SSSR count). The maximum atomic E-state index is 12.5. The number of nitrogens with zero attached hydrogens (tertiary/aromatic N) is 1. The number of nitrogen functional groups attached to an aromatic ring is 1. The number of benzene rings is 1. The molecule has 0 unspecified atom stereocenters. The van der Waals surface area contributed by atoms with Gasteiger partial charge in [0.1, 0.15) is 11.5 Å². The normalized spacial score (nSPS) is 11.6. The number of alkyl halides is 3. The van der Waals surface area contributed by atoms with Gasteiger partial charge in [0.25, 0.3) is 0 Å². The molecule has 7 heteroatoms. The van der Waals surface area contributed by atoms with E-state index in [1.54, 1.807) is 13.0 Å². The Labute approximate surface area is 107 Å². The van der Waals surface area contributed by atoms with Gasteiger partial charge in [0.2, 0.25) is 0 Å². The van der Waals surface area contributed by atoms with Crippen molar-refractivity contribution in [1.29, 1.82) is 0 Å². The molecular formula is C12H12F3N3O. The Balaban J connectivity index is 2.09. The van der Waals surface area contributed by atoms with E-state index in [1.807, 2.05) is 0 Å². The van der Waals surface area contributed by atoms with Crippen LogP contribution < -0.4 is 11.1 Å². The molecule has 1 aromatic heterocycles. The van der Waals surface area contributed by atoms with Crippen LogP contribution in [0.25, 0.3) is 0 Å². The molecule has 19 heavy (non-hydrogen) atoms. The first-order valence-electron chi connectivity index (χ1n) is 5.49. The van der Waals surface area contributed by atoms with Gasteiger partial charge >= 0.3 is 6.18 Å². The number of halogens is 3. The number of nitrogens with two attached hydrogens (primary N) is 1. The maximum Gasteiger partial charge on any atom is 0.416 e. The molecule has 0 radical (unpaired) electrons. The highest BCUT2D eigenvalue weighted by Crippen LogP contribution is 2.32. The van der Waals surface area contributed by atoms with Gasteiger partial charge in [0, 0.05) is 6.07 Å². The van der Waals surface area contributed by atoms with Gasteiger partial charge in [-0.15, -0.1) is 0 Å². The van der Waals surface area contributed by atoms with E-state index in [4.69, 9.17) is 10.3 Å². The molecule has 102 valence electrons. The average Bonchev–Trinajstić information content (AvgIpc) is 2.72. The lowest BCUT2D eigenvalue weighted by molar-refractivity contribution is -0.137. The van der Waals surface area contributed by atoms with Crippen molar-refractivity contribution < 1.29 is 17.7 Å². The molecule has 0 saturated carbocycles. The average molecular weight is 271 g/mol. The molecule has 0 spiro atoms. The van der Waals surface area contributed by atoms with E-state index in [-0.39, 0.29) is 5.69 Å². The zero-order chi connectivity index (χ0) is 14.0. The zero-order valence-electron chi connectivity index (χ0n) is 10.1. The predicted molar refractivity (Wildman–Crippen MR) is 64.4 cm³/mol. The zero-order valence-corrected chi connectivity index (χ0v) is 10.1. The van der Waals surface area contributed by atoms with Gasteiger partial charge in [-0.05, 0) is 25.1 Å². The molecule has 3 N–H and O–H groups in total. The lowest BCUT2D eigenvalue weighted by atomic mass is 10.1. The minimum Gasteiger partial charge on any atom is -0.397 e. The summed E-state index contributed by atoms with van der Waals surface area (Å²) in [4.78, 5) is 0. The summed E-state index contributed by atoms with van der Waals surface area (Å²) >= 11 is 0. The highest BCUT2D eigenvalue weighted by molar-refractivity contribution is 5.67. The first-order valence-corrected chi connectivity index (χ1v) is 5.49. The molecule has 2 aromatic rings. The van der Waals surface area contributed by atoms with Crippen LogP contribution in [0.15, 0.2) is 28.8 Å². The van der Waals surface area contributed by atoms with E-state index >= 15 is 0 Å². The van der Waals surface area contributed by atoms with Crippen molar-refractivity contribution in [3.8, 4) is 0 Å². The lowest BCUT2D eigenvalue weighted by Crippen LogP contribution is -2.08. The van der Waals surface area contributed by atoms with Crippen LogP contribution in [0.5, 0.6) is 0 Å². The van der Waals surface area contributed by atoms with E-state index in [0.717, 1.165) is 12.1 Å². The van der Waals surface area contributed by atoms with Crippen LogP contribution in [0, 0.1) is 6.92 Å². The number of hydrogen-bond donors (Lipinski definition) is 2. The third-order valence-electron chi connectivity index (χ3n) is 2.52. The fraction of sp³-hybridized carbons (Fsp3) is 0.250. The van der Waals surface area contributed by atoms with E-state index < -0.39 is 11.7 Å². The molecule has 1 aromatic carbocycles. The summed E-state index contributed by atoms with van der Waals surface area (Å²) in [7, 11) is 0. The molecule has 1 heterocycles. The Bertz CT molecular complexity index is 578. The summed E-state index contributed by atoms with van der Waals surface area (Å²) in [5.41, 5.74) is 5.92. The summed E-state index contributed by atoms with van der Waals surface area (Å²) in [5, 5.41) is 6.67. The van der Waals surface area contributed by atoms with Crippen LogP contribution in [-0.2, 0) is 12.7 Å². The van der Waals surface area contributed by atoms with Gasteiger partial charge < -0.3 is 15.6 Å². The van der Waals surface area contributed by atoms with Crippen molar-refractivity contribution in [3.05, 3.63) is 41.3 Å². The van der Waals surface area contributed by atoms with Gasteiger partial charge in [0.15, 0.2) is 0 Å². The molecule has 0 bridgehead atoms. The van der Waals surface area contributed by atoms with Crippen molar-refractivity contribution >= 4 is 11.4 Å². The molecule has 0 amide bonds.